The van der Waals surface area contributed by atoms with Crippen molar-refractivity contribution in [3.8, 4) is 0 Å². The van der Waals surface area contributed by atoms with Crippen molar-refractivity contribution in [3.05, 3.63) is 28.7 Å². The maximum atomic E-state index is 12.3. The average Bonchev–Trinajstić information content (AvgIpc) is 2.57. The molecule has 2 aliphatic rings. The summed E-state index contributed by atoms with van der Waals surface area (Å²) in [6.45, 7) is 4.51. The number of urea groups is 1. The summed E-state index contributed by atoms with van der Waals surface area (Å²) in [5.41, 5.74) is -0.0661. The number of nitrogens with one attached hydrogen (secondary N) is 2. The standard InChI is InChI=1S/C17H25N3O4/c1-2-20-8-3-4-14(15(20)21)19-16(22)18-13-5-9-24-17(12-13)6-10-23-11-7-17/h3-4,8,13H,2,5-7,9-12H2,1H3,(H2,18,19,22). The lowest BCUT2D eigenvalue weighted by Gasteiger charge is -2.43. The molecule has 3 rings (SSSR count). The lowest BCUT2D eigenvalue weighted by molar-refractivity contribution is -0.139. The second kappa shape index (κ2) is 7.36. The van der Waals surface area contributed by atoms with E-state index in [1.807, 2.05) is 6.92 Å². The van der Waals surface area contributed by atoms with Crippen molar-refractivity contribution in [2.45, 2.75) is 50.8 Å². The Morgan fingerprint density at radius 3 is 2.92 bits per heavy atom. The van der Waals surface area contributed by atoms with Crippen LogP contribution in [0.1, 0.15) is 32.6 Å². The third kappa shape index (κ3) is 3.79. The SMILES string of the molecule is CCn1cccc(NC(=O)NC2CCOC3(CCOCC3)C2)c1=O. The number of carbonyl (C=O) groups is 1. The van der Waals surface area contributed by atoms with Crippen LogP contribution in [-0.4, -0.2) is 42.1 Å². The molecule has 24 heavy (non-hydrogen) atoms. The molecule has 2 amide bonds. The van der Waals surface area contributed by atoms with Crippen LogP contribution in [0.3, 0.4) is 0 Å². The molecule has 0 saturated carbocycles. The first-order chi connectivity index (χ1) is 11.6. The Labute approximate surface area is 141 Å². The molecule has 3 heterocycles. The van der Waals surface area contributed by atoms with Gasteiger partial charge in [0.2, 0.25) is 0 Å². The maximum absolute atomic E-state index is 12.3. The zero-order chi connectivity index (χ0) is 17.0. The molecule has 0 radical (unpaired) electrons. The molecule has 1 aromatic rings. The van der Waals surface area contributed by atoms with Crippen LogP contribution in [0.4, 0.5) is 10.5 Å². The van der Waals surface area contributed by atoms with Gasteiger partial charge >= 0.3 is 6.03 Å². The summed E-state index contributed by atoms with van der Waals surface area (Å²) < 4.78 is 12.9. The monoisotopic (exact) mass is 335 g/mol. The Morgan fingerprint density at radius 1 is 1.38 bits per heavy atom. The van der Waals surface area contributed by atoms with Gasteiger partial charge < -0.3 is 24.7 Å². The van der Waals surface area contributed by atoms with Gasteiger partial charge in [0.15, 0.2) is 0 Å². The van der Waals surface area contributed by atoms with E-state index in [-0.39, 0.29) is 23.2 Å². The minimum atomic E-state index is -0.338. The number of pyridine rings is 1. The summed E-state index contributed by atoms with van der Waals surface area (Å²) in [6, 6.07) is 3.09. The minimum Gasteiger partial charge on any atom is -0.381 e. The average molecular weight is 335 g/mol. The summed E-state index contributed by atoms with van der Waals surface area (Å²) in [6.07, 6.45) is 5.01. The molecule has 1 spiro atoms. The predicted octanol–water partition coefficient (Wildman–Crippen LogP) is 1.72. The van der Waals surface area contributed by atoms with Crippen LogP contribution in [0.5, 0.6) is 0 Å². The van der Waals surface area contributed by atoms with E-state index in [1.54, 1.807) is 22.9 Å². The van der Waals surface area contributed by atoms with Crippen LogP contribution in [0.25, 0.3) is 0 Å². The van der Waals surface area contributed by atoms with E-state index in [9.17, 15) is 9.59 Å². The van der Waals surface area contributed by atoms with Crippen LogP contribution in [-0.2, 0) is 16.0 Å². The highest BCUT2D eigenvalue weighted by molar-refractivity contribution is 5.89. The molecule has 1 unspecified atom stereocenters. The predicted molar refractivity (Wildman–Crippen MR) is 90.3 cm³/mol. The number of ether oxygens (including phenoxy) is 2. The molecule has 1 atom stereocenters. The molecule has 1 aromatic heterocycles. The van der Waals surface area contributed by atoms with Crippen LogP contribution in [0.2, 0.25) is 0 Å². The Kier molecular flexibility index (Phi) is 5.20. The molecule has 2 saturated heterocycles. The van der Waals surface area contributed by atoms with Gasteiger partial charge in [0.05, 0.1) is 5.60 Å². The van der Waals surface area contributed by atoms with Gasteiger partial charge in [0, 0.05) is 38.6 Å². The zero-order valence-electron chi connectivity index (χ0n) is 14.0. The number of hydrogen-bond donors (Lipinski definition) is 2. The second-order valence-corrected chi connectivity index (χ2v) is 6.45. The van der Waals surface area contributed by atoms with Crippen molar-refractivity contribution in [2.24, 2.45) is 0 Å². The van der Waals surface area contributed by atoms with Gasteiger partial charge in [-0.25, -0.2) is 4.79 Å². The topological polar surface area (TPSA) is 81.6 Å². The lowest BCUT2D eigenvalue weighted by Crippen LogP contribution is -2.51. The molecule has 0 aromatic carbocycles. The molecule has 132 valence electrons. The van der Waals surface area contributed by atoms with Crippen molar-refractivity contribution in [3.63, 3.8) is 0 Å². The molecule has 7 nitrogen and oxygen atoms in total. The van der Waals surface area contributed by atoms with Gasteiger partial charge in [0.25, 0.3) is 5.56 Å². The van der Waals surface area contributed by atoms with E-state index < -0.39 is 0 Å². The number of rotatable bonds is 3. The quantitative estimate of drug-likeness (QED) is 0.881. The molecule has 0 aliphatic carbocycles. The van der Waals surface area contributed by atoms with Crippen LogP contribution in [0, 0.1) is 0 Å². The fourth-order valence-electron chi connectivity index (χ4n) is 3.47. The number of amides is 2. The first-order valence-corrected chi connectivity index (χ1v) is 8.60. The molecular formula is C17H25N3O4. The molecular weight excluding hydrogens is 310 g/mol. The Hall–Kier alpha value is -1.86. The van der Waals surface area contributed by atoms with Crippen LogP contribution < -0.4 is 16.2 Å². The summed E-state index contributed by atoms with van der Waals surface area (Å²) in [5, 5.41) is 5.66. The van der Waals surface area contributed by atoms with Gasteiger partial charge in [0.1, 0.15) is 5.69 Å². The van der Waals surface area contributed by atoms with E-state index in [2.05, 4.69) is 10.6 Å². The maximum Gasteiger partial charge on any atom is 0.319 e. The third-order valence-electron chi connectivity index (χ3n) is 4.84. The summed E-state index contributed by atoms with van der Waals surface area (Å²) in [7, 11) is 0. The highest BCUT2D eigenvalue weighted by Gasteiger charge is 2.39. The minimum absolute atomic E-state index is 0.0500. The largest absolute Gasteiger partial charge is 0.381 e. The van der Waals surface area contributed by atoms with Gasteiger partial charge in [-0.3, -0.25) is 4.79 Å². The van der Waals surface area contributed by atoms with Crippen molar-refractivity contribution in [1.82, 2.24) is 9.88 Å². The lowest BCUT2D eigenvalue weighted by atomic mass is 9.84. The molecule has 7 heteroatoms. The highest BCUT2D eigenvalue weighted by Crippen LogP contribution is 2.34. The number of anilines is 1. The molecule has 2 fully saturated rings. The van der Waals surface area contributed by atoms with E-state index in [4.69, 9.17) is 9.47 Å². The summed E-state index contributed by atoms with van der Waals surface area (Å²) in [4.78, 5) is 24.4. The Balaban J connectivity index is 1.59. The van der Waals surface area contributed by atoms with E-state index in [1.165, 1.54) is 0 Å². The van der Waals surface area contributed by atoms with Gasteiger partial charge in [-0.15, -0.1) is 0 Å². The third-order valence-corrected chi connectivity index (χ3v) is 4.84. The van der Waals surface area contributed by atoms with Crippen molar-refractivity contribution >= 4 is 11.7 Å². The number of hydrogen-bond acceptors (Lipinski definition) is 4. The van der Waals surface area contributed by atoms with Crippen molar-refractivity contribution in [1.29, 1.82) is 0 Å². The number of aryl methyl sites for hydroxylation is 1. The first-order valence-electron chi connectivity index (χ1n) is 8.60. The summed E-state index contributed by atoms with van der Waals surface area (Å²) in [5.74, 6) is 0. The smallest absolute Gasteiger partial charge is 0.319 e. The Bertz CT molecular complexity index is 631. The zero-order valence-corrected chi connectivity index (χ0v) is 14.0. The number of aromatic nitrogens is 1. The normalized spacial score (nSPS) is 23.0. The second-order valence-electron chi connectivity index (χ2n) is 6.45. The molecule has 0 bridgehead atoms. The van der Waals surface area contributed by atoms with Crippen molar-refractivity contribution < 1.29 is 14.3 Å². The van der Waals surface area contributed by atoms with E-state index in [0.717, 1.165) is 25.7 Å². The fourth-order valence-corrected chi connectivity index (χ4v) is 3.47. The van der Waals surface area contributed by atoms with E-state index >= 15 is 0 Å². The molecule has 2 aliphatic heterocycles. The van der Waals surface area contributed by atoms with Crippen molar-refractivity contribution in [2.75, 3.05) is 25.1 Å². The van der Waals surface area contributed by atoms with Gasteiger partial charge in [-0.05, 0) is 44.7 Å². The number of carbonyl (C=O) groups excluding carboxylic acids is 1. The van der Waals surface area contributed by atoms with Gasteiger partial charge in [-0.1, -0.05) is 0 Å². The fraction of sp³-hybridized carbons (Fsp3) is 0.647. The van der Waals surface area contributed by atoms with Crippen LogP contribution >= 0.6 is 0 Å². The molecule has 2 N–H and O–H groups in total. The first kappa shape index (κ1) is 17.0. The van der Waals surface area contributed by atoms with E-state index in [0.29, 0.717) is 32.1 Å². The van der Waals surface area contributed by atoms with Gasteiger partial charge in [-0.2, -0.15) is 0 Å². The summed E-state index contributed by atoms with van der Waals surface area (Å²) >= 11 is 0. The van der Waals surface area contributed by atoms with Crippen LogP contribution in [0.15, 0.2) is 23.1 Å². The number of nitrogens with zero attached hydrogens (tertiary/aromatic N) is 1. The Morgan fingerprint density at radius 2 is 2.17 bits per heavy atom. The highest BCUT2D eigenvalue weighted by atomic mass is 16.5.